The monoisotopic (exact) mass is 274 g/mol. The van der Waals surface area contributed by atoms with Gasteiger partial charge in [0.2, 0.25) is 0 Å². The third-order valence-corrected chi connectivity index (χ3v) is 3.98. The van der Waals surface area contributed by atoms with E-state index in [1.54, 1.807) is 23.9 Å². The van der Waals surface area contributed by atoms with E-state index in [-0.39, 0.29) is 11.9 Å². The van der Waals surface area contributed by atoms with Crippen LogP contribution in [-0.4, -0.2) is 23.6 Å². The van der Waals surface area contributed by atoms with E-state index in [9.17, 15) is 5.11 Å². The molecule has 1 N–H and O–H groups in total. The van der Waals surface area contributed by atoms with Gasteiger partial charge in [-0.15, -0.1) is 11.8 Å². The predicted molar refractivity (Wildman–Crippen MR) is 75.2 cm³/mol. The van der Waals surface area contributed by atoms with Gasteiger partial charge in [-0.2, -0.15) is 0 Å². The Kier molecular flexibility index (Phi) is 3.51. The SMILES string of the molecule is Oc1ccc(SCC2COc3ccccc3O2)cc1. The van der Waals surface area contributed by atoms with E-state index in [4.69, 9.17) is 9.47 Å². The van der Waals surface area contributed by atoms with Gasteiger partial charge in [-0.05, 0) is 36.4 Å². The van der Waals surface area contributed by atoms with E-state index < -0.39 is 0 Å². The van der Waals surface area contributed by atoms with E-state index in [2.05, 4.69) is 0 Å². The fourth-order valence-electron chi connectivity index (χ4n) is 1.88. The summed E-state index contributed by atoms with van der Waals surface area (Å²) >= 11 is 1.69. The molecule has 2 aromatic carbocycles. The van der Waals surface area contributed by atoms with Gasteiger partial charge in [-0.1, -0.05) is 12.1 Å². The first-order valence-electron chi connectivity index (χ1n) is 6.11. The van der Waals surface area contributed by atoms with Crippen LogP contribution in [0, 0.1) is 0 Å². The molecule has 3 nitrogen and oxygen atoms in total. The lowest BCUT2D eigenvalue weighted by molar-refractivity contribution is 0.107. The molecule has 1 atom stereocenters. The molecular formula is C15H14O3S. The third-order valence-electron chi connectivity index (χ3n) is 2.84. The minimum Gasteiger partial charge on any atom is -0.508 e. The topological polar surface area (TPSA) is 38.7 Å². The van der Waals surface area contributed by atoms with Crippen LogP contribution in [0.15, 0.2) is 53.4 Å². The summed E-state index contributed by atoms with van der Waals surface area (Å²) in [7, 11) is 0. The van der Waals surface area contributed by atoms with Crippen molar-refractivity contribution in [1.29, 1.82) is 0 Å². The maximum absolute atomic E-state index is 9.23. The fraction of sp³-hybridized carbons (Fsp3) is 0.200. The maximum Gasteiger partial charge on any atom is 0.161 e. The first-order chi connectivity index (χ1) is 9.31. The van der Waals surface area contributed by atoms with Gasteiger partial charge in [0, 0.05) is 10.6 Å². The number of ether oxygens (including phenoxy) is 2. The molecule has 0 fully saturated rings. The molecule has 3 rings (SSSR count). The highest BCUT2D eigenvalue weighted by Gasteiger charge is 2.20. The van der Waals surface area contributed by atoms with Gasteiger partial charge in [-0.3, -0.25) is 0 Å². The molecule has 0 aliphatic carbocycles. The number of hydrogen-bond acceptors (Lipinski definition) is 4. The van der Waals surface area contributed by atoms with Crippen molar-refractivity contribution in [1.82, 2.24) is 0 Å². The zero-order valence-electron chi connectivity index (χ0n) is 10.3. The summed E-state index contributed by atoms with van der Waals surface area (Å²) < 4.78 is 11.5. The molecule has 19 heavy (non-hydrogen) atoms. The van der Waals surface area contributed by atoms with E-state index in [1.165, 1.54) is 0 Å². The Morgan fingerprint density at radius 1 is 1.05 bits per heavy atom. The summed E-state index contributed by atoms with van der Waals surface area (Å²) in [5.41, 5.74) is 0. The van der Waals surface area contributed by atoms with Gasteiger partial charge >= 0.3 is 0 Å². The lowest BCUT2D eigenvalue weighted by Crippen LogP contribution is -2.31. The lowest BCUT2D eigenvalue weighted by Gasteiger charge is -2.26. The van der Waals surface area contributed by atoms with Crippen LogP contribution in [0.4, 0.5) is 0 Å². The zero-order valence-corrected chi connectivity index (χ0v) is 11.1. The summed E-state index contributed by atoms with van der Waals surface area (Å²) in [6, 6.07) is 14.9. The summed E-state index contributed by atoms with van der Waals surface area (Å²) in [5, 5.41) is 9.23. The molecule has 0 saturated heterocycles. The minimum absolute atomic E-state index is 0.0497. The van der Waals surface area contributed by atoms with Crippen molar-refractivity contribution in [3.05, 3.63) is 48.5 Å². The zero-order chi connectivity index (χ0) is 13.1. The highest BCUT2D eigenvalue weighted by atomic mass is 32.2. The third kappa shape index (κ3) is 2.96. The number of benzene rings is 2. The molecule has 0 amide bonds. The molecule has 1 unspecified atom stereocenters. The van der Waals surface area contributed by atoms with E-state index in [1.807, 2.05) is 36.4 Å². The number of thioether (sulfide) groups is 1. The predicted octanol–water partition coefficient (Wildman–Crippen LogP) is 3.32. The van der Waals surface area contributed by atoms with E-state index >= 15 is 0 Å². The molecular weight excluding hydrogens is 260 g/mol. The van der Waals surface area contributed by atoms with Crippen molar-refractivity contribution in [3.63, 3.8) is 0 Å². The largest absolute Gasteiger partial charge is 0.508 e. The maximum atomic E-state index is 9.23. The second-order valence-corrected chi connectivity index (χ2v) is 5.40. The summed E-state index contributed by atoms with van der Waals surface area (Å²) in [6.07, 6.45) is 0.0497. The number of phenols is 1. The average Bonchev–Trinajstić information content (AvgIpc) is 2.46. The van der Waals surface area contributed by atoms with Crippen LogP contribution in [0.2, 0.25) is 0 Å². The van der Waals surface area contributed by atoms with Crippen molar-refractivity contribution < 1.29 is 14.6 Å². The molecule has 0 bridgehead atoms. The number of aromatic hydroxyl groups is 1. The molecule has 0 spiro atoms. The standard InChI is InChI=1S/C15H14O3S/c16-11-5-7-13(8-6-11)19-10-12-9-17-14-3-1-2-4-15(14)18-12/h1-8,12,16H,9-10H2. The minimum atomic E-state index is 0.0497. The van der Waals surface area contributed by atoms with Crippen LogP contribution in [-0.2, 0) is 0 Å². The van der Waals surface area contributed by atoms with Crippen LogP contribution >= 0.6 is 11.8 Å². The van der Waals surface area contributed by atoms with Crippen molar-refractivity contribution >= 4 is 11.8 Å². The highest BCUT2D eigenvalue weighted by molar-refractivity contribution is 7.99. The Bertz CT molecular complexity index is 554. The van der Waals surface area contributed by atoms with Crippen molar-refractivity contribution in [2.24, 2.45) is 0 Å². The first kappa shape index (κ1) is 12.2. The van der Waals surface area contributed by atoms with Gasteiger partial charge in [0.05, 0.1) is 0 Å². The van der Waals surface area contributed by atoms with Crippen LogP contribution in [0.5, 0.6) is 17.2 Å². The summed E-state index contributed by atoms with van der Waals surface area (Å²) in [6.45, 7) is 0.572. The second kappa shape index (κ2) is 5.45. The molecule has 98 valence electrons. The van der Waals surface area contributed by atoms with Crippen molar-refractivity contribution in [3.8, 4) is 17.2 Å². The number of fused-ring (bicyclic) bond motifs is 1. The Balaban J connectivity index is 1.59. The molecule has 4 heteroatoms. The van der Waals surface area contributed by atoms with Crippen LogP contribution in [0.3, 0.4) is 0 Å². The van der Waals surface area contributed by atoms with Gasteiger partial charge in [0.15, 0.2) is 11.5 Å². The Morgan fingerprint density at radius 2 is 1.79 bits per heavy atom. The van der Waals surface area contributed by atoms with Gasteiger partial charge < -0.3 is 14.6 Å². The van der Waals surface area contributed by atoms with Crippen molar-refractivity contribution in [2.75, 3.05) is 12.4 Å². The quantitative estimate of drug-likeness (QED) is 0.871. The van der Waals surface area contributed by atoms with Gasteiger partial charge in [0.1, 0.15) is 18.5 Å². The Labute approximate surface area is 116 Å². The van der Waals surface area contributed by atoms with Crippen LogP contribution in [0.1, 0.15) is 0 Å². The second-order valence-electron chi connectivity index (χ2n) is 4.30. The first-order valence-corrected chi connectivity index (χ1v) is 7.10. The van der Waals surface area contributed by atoms with E-state index in [0.717, 1.165) is 22.1 Å². The number of para-hydroxylation sites is 2. The molecule has 1 heterocycles. The van der Waals surface area contributed by atoms with Gasteiger partial charge in [0.25, 0.3) is 0 Å². The Hall–Kier alpha value is -1.81. The smallest absolute Gasteiger partial charge is 0.161 e. The van der Waals surface area contributed by atoms with Crippen molar-refractivity contribution in [2.45, 2.75) is 11.0 Å². The highest BCUT2D eigenvalue weighted by Crippen LogP contribution is 2.32. The molecule has 1 aliphatic heterocycles. The molecule has 0 radical (unpaired) electrons. The number of hydrogen-bond donors (Lipinski definition) is 1. The van der Waals surface area contributed by atoms with Crippen LogP contribution in [0.25, 0.3) is 0 Å². The summed E-state index contributed by atoms with van der Waals surface area (Å²) in [4.78, 5) is 1.11. The normalized spacial score (nSPS) is 17.2. The molecule has 1 aliphatic rings. The number of rotatable bonds is 3. The van der Waals surface area contributed by atoms with Crippen LogP contribution < -0.4 is 9.47 Å². The number of phenolic OH excluding ortho intramolecular Hbond substituents is 1. The molecule has 0 saturated carbocycles. The fourth-order valence-corrected chi connectivity index (χ4v) is 2.75. The average molecular weight is 274 g/mol. The summed E-state index contributed by atoms with van der Waals surface area (Å²) in [5.74, 6) is 2.73. The van der Waals surface area contributed by atoms with E-state index in [0.29, 0.717) is 6.61 Å². The molecule has 2 aromatic rings. The molecule has 0 aromatic heterocycles. The lowest BCUT2D eigenvalue weighted by atomic mass is 10.3. The van der Waals surface area contributed by atoms with Gasteiger partial charge in [-0.25, -0.2) is 0 Å². The Morgan fingerprint density at radius 3 is 2.58 bits per heavy atom.